The smallest absolute Gasteiger partial charge is 0.237 e. The van der Waals surface area contributed by atoms with Crippen molar-refractivity contribution in [2.45, 2.75) is 17.3 Å². The van der Waals surface area contributed by atoms with E-state index in [9.17, 15) is 18.7 Å². The SMILES string of the molecule is CC(Sc1nnnn1-c1ccc(O)cc1)C(=O)Nc1ccc(F)c(F)c1. The Morgan fingerprint density at radius 1 is 1.19 bits per heavy atom. The maximum Gasteiger partial charge on any atom is 0.237 e. The highest BCUT2D eigenvalue weighted by Gasteiger charge is 2.20. The van der Waals surface area contributed by atoms with E-state index in [4.69, 9.17) is 0 Å². The first kappa shape index (κ1) is 17.8. The highest BCUT2D eigenvalue weighted by molar-refractivity contribution is 8.00. The number of aromatic hydroxyl groups is 1. The van der Waals surface area contributed by atoms with Gasteiger partial charge in [0.15, 0.2) is 11.6 Å². The molecule has 1 amide bonds. The van der Waals surface area contributed by atoms with E-state index in [1.54, 1.807) is 19.1 Å². The van der Waals surface area contributed by atoms with Gasteiger partial charge < -0.3 is 10.4 Å². The molecule has 134 valence electrons. The molecular weight excluding hydrogens is 364 g/mol. The molecule has 3 aromatic rings. The van der Waals surface area contributed by atoms with Crippen molar-refractivity contribution in [1.82, 2.24) is 20.2 Å². The molecule has 0 spiro atoms. The average molecular weight is 377 g/mol. The zero-order valence-corrected chi connectivity index (χ0v) is 14.2. The van der Waals surface area contributed by atoms with Crippen molar-refractivity contribution in [2.24, 2.45) is 0 Å². The minimum atomic E-state index is -1.04. The van der Waals surface area contributed by atoms with Crippen LogP contribution in [0.5, 0.6) is 5.75 Å². The van der Waals surface area contributed by atoms with E-state index in [0.717, 1.165) is 23.9 Å². The fourth-order valence-electron chi connectivity index (χ4n) is 2.04. The number of carbonyl (C=O) groups excluding carboxylic acids is 1. The van der Waals surface area contributed by atoms with Gasteiger partial charge in [0.25, 0.3) is 0 Å². The summed E-state index contributed by atoms with van der Waals surface area (Å²) in [5.41, 5.74) is 0.767. The lowest BCUT2D eigenvalue weighted by Gasteiger charge is -2.12. The highest BCUT2D eigenvalue weighted by Crippen LogP contribution is 2.25. The summed E-state index contributed by atoms with van der Waals surface area (Å²) in [7, 11) is 0. The Morgan fingerprint density at radius 3 is 2.62 bits per heavy atom. The maximum absolute atomic E-state index is 13.2. The van der Waals surface area contributed by atoms with Gasteiger partial charge in [0.05, 0.1) is 10.9 Å². The summed E-state index contributed by atoms with van der Waals surface area (Å²) in [5, 5.41) is 23.0. The molecule has 0 radical (unpaired) electrons. The van der Waals surface area contributed by atoms with Gasteiger partial charge in [-0.1, -0.05) is 11.8 Å². The Kier molecular flexibility index (Phi) is 5.12. The number of phenols is 1. The molecule has 1 unspecified atom stereocenters. The third-order valence-corrected chi connectivity index (χ3v) is 4.41. The molecule has 2 aromatic carbocycles. The summed E-state index contributed by atoms with van der Waals surface area (Å²) in [6.45, 7) is 1.63. The van der Waals surface area contributed by atoms with Gasteiger partial charge in [0, 0.05) is 11.8 Å². The second-order valence-corrected chi connectivity index (χ2v) is 6.58. The van der Waals surface area contributed by atoms with Crippen LogP contribution in [0.15, 0.2) is 47.6 Å². The molecule has 3 rings (SSSR count). The van der Waals surface area contributed by atoms with Crippen LogP contribution in [0, 0.1) is 11.6 Å². The molecule has 0 bridgehead atoms. The third-order valence-electron chi connectivity index (χ3n) is 3.37. The van der Waals surface area contributed by atoms with E-state index in [1.165, 1.54) is 22.9 Å². The molecule has 0 aliphatic rings. The van der Waals surface area contributed by atoms with E-state index in [-0.39, 0.29) is 11.4 Å². The number of thioether (sulfide) groups is 1. The molecule has 0 fully saturated rings. The first-order chi connectivity index (χ1) is 12.4. The standard InChI is InChI=1S/C16H13F2N5O2S/c1-9(15(25)19-10-2-7-13(17)14(18)8-10)26-16-20-21-22-23(16)11-3-5-12(24)6-4-11/h2-9,24H,1H3,(H,19,25). The summed E-state index contributed by atoms with van der Waals surface area (Å²) in [6.07, 6.45) is 0. The number of amides is 1. The van der Waals surface area contributed by atoms with Crippen molar-refractivity contribution in [1.29, 1.82) is 0 Å². The molecule has 1 heterocycles. The van der Waals surface area contributed by atoms with Crippen LogP contribution < -0.4 is 5.32 Å². The van der Waals surface area contributed by atoms with Crippen molar-refractivity contribution < 1.29 is 18.7 Å². The number of tetrazole rings is 1. The molecule has 26 heavy (non-hydrogen) atoms. The predicted molar refractivity (Wildman–Crippen MR) is 91.1 cm³/mol. The molecule has 2 N–H and O–H groups in total. The Balaban J connectivity index is 1.71. The van der Waals surface area contributed by atoms with Crippen LogP contribution in [0.4, 0.5) is 14.5 Å². The lowest BCUT2D eigenvalue weighted by molar-refractivity contribution is -0.115. The van der Waals surface area contributed by atoms with Crippen LogP contribution >= 0.6 is 11.8 Å². The number of rotatable bonds is 5. The second kappa shape index (κ2) is 7.48. The minimum Gasteiger partial charge on any atom is -0.508 e. The summed E-state index contributed by atoms with van der Waals surface area (Å²) in [4.78, 5) is 12.3. The molecule has 1 atom stereocenters. The number of nitrogens with one attached hydrogen (secondary N) is 1. The number of hydrogen-bond donors (Lipinski definition) is 2. The molecule has 1 aromatic heterocycles. The first-order valence-corrected chi connectivity index (χ1v) is 8.32. The van der Waals surface area contributed by atoms with E-state index in [0.29, 0.717) is 10.8 Å². The fraction of sp³-hybridized carbons (Fsp3) is 0.125. The summed E-state index contributed by atoms with van der Waals surface area (Å²) >= 11 is 1.10. The summed E-state index contributed by atoms with van der Waals surface area (Å²) < 4.78 is 27.6. The van der Waals surface area contributed by atoms with Crippen LogP contribution in [0.2, 0.25) is 0 Å². The Hall–Kier alpha value is -3.01. The van der Waals surface area contributed by atoms with E-state index in [2.05, 4.69) is 20.8 Å². The lowest BCUT2D eigenvalue weighted by Crippen LogP contribution is -2.23. The number of aromatic nitrogens is 4. The van der Waals surface area contributed by atoms with Gasteiger partial charge in [-0.2, -0.15) is 4.68 Å². The van der Waals surface area contributed by atoms with E-state index >= 15 is 0 Å². The molecular formula is C16H13F2N5O2S. The van der Waals surface area contributed by atoms with Crippen LogP contribution in [0.1, 0.15) is 6.92 Å². The summed E-state index contributed by atoms with van der Waals surface area (Å²) in [6, 6.07) is 9.35. The highest BCUT2D eigenvalue weighted by atomic mass is 32.2. The topological polar surface area (TPSA) is 92.9 Å². The molecule has 10 heteroatoms. The molecule has 0 aliphatic carbocycles. The van der Waals surface area contributed by atoms with Gasteiger partial charge in [0.2, 0.25) is 11.1 Å². The first-order valence-electron chi connectivity index (χ1n) is 7.44. The minimum absolute atomic E-state index is 0.107. The Morgan fingerprint density at radius 2 is 1.92 bits per heavy atom. The normalized spacial score (nSPS) is 12.0. The Bertz CT molecular complexity index is 933. The largest absolute Gasteiger partial charge is 0.508 e. The van der Waals surface area contributed by atoms with Crippen molar-refractivity contribution in [3.63, 3.8) is 0 Å². The maximum atomic E-state index is 13.2. The molecule has 0 saturated carbocycles. The zero-order valence-electron chi connectivity index (χ0n) is 13.4. The molecule has 7 nitrogen and oxygen atoms in total. The van der Waals surface area contributed by atoms with E-state index < -0.39 is 22.8 Å². The molecule has 0 saturated heterocycles. The number of anilines is 1. The predicted octanol–water partition coefficient (Wildman–Crippen LogP) is 2.77. The quantitative estimate of drug-likeness (QED) is 0.664. The Labute approximate surface area is 151 Å². The van der Waals surface area contributed by atoms with Crippen LogP contribution in [-0.4, -0.2) is 36.5 Å². The molecule has 0 aliphatic heterocycles. The summed E-state index contributed by atoms with van der Waals surface area (Å²) in [5.74, 6) is -2.34. The number of phenolic OH excluding ortho intramolecular Hbond substituents is 1. The zero-order chi connectivity index (χ0) is 18.7. The average Bonchev–Trinajstić information content (AvgIpc) is 3.07. The van der Waals surface area contributed by atoms with Gasteiger partial charge >= 0.3 is 0 Å². The number of halogens is 2. The van der Waals surface area contributed by atoms with Gasteiger partial charge in [-0.25, -0.2) is 8.78 Å². The monoisotopic (exact) mass is 377 g/mol. The van der Waals surface area contributed by atoms with Crippen LogP contribution in [0.25, 0.3) is 5.69 Å². The second-order valence-electron chi connectivity index (χ2n) is 5.27. The van der Waals surface area contributed by atoms with Gasteiger partial charge in [-0.05, 0) is 53.7 Å². The number of hydrogen-bond acceptors (Lipinski definition) is 6. The number of benzene rings is 2. The third kappa shape index (κ3) is 3.97. The van der Waals surface area contributed by atoms with Crippen molar-refractivity contribution in [3.8, 4) is 11.4 Å². The van der Waals surface area contributed by atoms with Gasteiger partial charge in [0.1, 0.15) is 5.75 Å². The van der Waals surface area contributed by atoms with E-state index in [1.807, 2.05) is 0 Å². The van der Waals surface area contributed by atoms with Crippen LogP contribution in [0.3, 0.4) is 0 Å². The van der Waals surface area contributed by atoms with Gasteiger partial charge in [-0.3, -0.25) is 4.79 Å². The fourth-order valence-corrected chi connectivity index (χ4v) is 2.85. The van der Waals surface area contributed by atoms with Crippen LogP contribution in [-0.2, 0) is 4.79 Å². The number of carbonyl (C=O) groups is 1. The van der Waals surface area contributed by atoms with Gasteiger partial charge in [-0.15, -0.1) is 5.10 Å². The van der Waals surface area contributed by atoms with Crippen molar-refractivity contribution in [2.75, 3.05) is 5.32 Å². The number of nitrogens with zero attached hydrogens (tertiary/aromatic N) is 4. The van der Waals surface area contributed by atoms with Crippen molar-refractivity contribution in [3.05, 3.63) is 54.1 Å². The lowest BCUT2D eigenvalue weighted by atomic mass is 10.3. The van der Waals surface area contributed by atoms with Crippen molar-refractivity contribution >= 4 is 23.4 Å².